The van der Waals surface area contributed by atoms with Crippen LogP contribution in [0.4, 0.5) is 5.69 Å². The second-order valence-electron chi connectivity index (χ2n) is 6.65. The first-order valence-corrected chi connectivity index (χ1v) is 8.94. The number of imidazole rings is 1. The summed E-state index contributed by atoms with van der Waals surface area (Å²) in [6.45, 7) is 6.16. The van der Waals surface area contributed by atoms with E-state index in [-0.39, 0.29) is 18.6 Å². The number of amides is 1. The highest BCUT2D eigenvalue weighted by molar-refractivity contribution is 5.97. The van der Waals surface area contributed by atoms with Crippen LogP contribution in [0, 0.1) is 0 Å². The molecular weight excluding hydrogens is 338 g/mol. The SMILES string of the molecule is C=C(c1ccccc1OCC(=O)N1c2ccccc2CC1C)n1ccnc1. The molecule has 1 aliphatic rings. The van der Waals surface area contributed by atoms with Gasteiger partial charge >= 0.3 is 0 Å². The predicted molar refractivity (Wildman–Crippen MR) is 106 cm³/mol. The van der Waals surface area contributed by atoms with E-state index in [0.717, 1.165) is 23.4 Å². The summed E-state index contributed by atoms with van der Waals surface area (Å²) in [6.07, 6.45) is 6.08. The van der Waals surface area contributed by atoms with Gasteiger partial charge in [0, 0.05) is 29.7 Å². The number of benzene rings is 2. The fraction of sp³-hybridized carbons (Fsp3) is 0.182. The number of carbonyl (C=O) groups excluding carboxylic acids is 1. The van der Waals surface area contributed by atoms with E-state index in [1.165, 1.54) is 5.56 Å². The zero-order valence-corrected chi connectivity index (χ0v) is 15.2. The van der Waals surface area contributed by atoms with Crippen LogP contribution in [0.2, 0.25) is 0 Å². The van der Waals surface area contributed by atoms with Crippen LogP contribution in [0.3, 0.4) is 0 Å². The van der Waals surface area contributed by atoms with Crippen molar-refractivity contribution in [1.29, 1.82) is 0 Å². The average Bonchev–Trinajstić information content (AvgIpc) is 3.33. The summed E-state index contributed by atoms with van der Waals surface area (Å²) in [5.41, 5.74) is 3.76. The zero-order chi connectivity index (χ0) is 18.8. The van der Waals surface area contributed by atoms with Gasteiger partial charge in [-0.1, -0.05) is 36.9 Å². The maximum Gasteiger partial charge on any atom is 0.265 e. The van der Waals surface area contributed by atoms with Crippen LogP contribution in [0.15, 0.2) is 73.8 Å². The molecule has 0 N–H and O–H groups in total. The van der Waals surface area contributed by atoms with E-state index < -0.39 is 0 Å². The van der Waals surface area contributed by atoms with E-state index in [1.54, 1.807) is 12.5 Å². The Hall–Kier alpha value is -3.34. The molecule has 0 bridgehead atoms. The number of ether oxygens (including phenoxy) is 1. The van der Waals surface area contributed by atoms with Gasteiger partial charge in [0.2, 0.25) is 0 Å². The predicted octanol–water partition coefficient (Wildman–Crippen LogP) is 3.76. The molecule has 5 heteroatoms. The van der Waals surface area contributed by atoms with Crippen molar-refractivity contribution in [3.63, 3.8) is 0 Å². The Bertz CT molecular complexity index is 979. The highest BCUT2D eigenvalue weighted by atomic mass is 16.5. The first-order chi connectivity index (χ1) is 13.1. The molecule has 4 rings (SSSR count). The molecule has 2 heterocycles. The molecule has 1 amide bonds. The first-order valence-electron chi connectivity index (χ1n) is 8.94. The van der Waals surface area contributed by atoms with Gasteiger partial charge in [0.1, 0.15) is 5.75 Å². The Labute approximate surface area is 158 Å². The van der Waals surface area contributed by atoms with Gasteiger partial charge in [-0.25, -0.2) is 4.98 Å². The van der Waals surface area contributed by atoms with Gasteiger partial charge < -0.3 is 14.2 Å². The number of fused-ring (bicyclic) bond motifs is 1. The number of anilines is 1. The van der Waals surface area contributed by atoms with Crippen molar-refractivity contribution < 1.29 is 9.53 Å². The van der Waals surface area contributed by atoms with Crippen molar-refractivity contribution in [3.8, 4) is 5.75 Å². The molecule has 0 saturated carbocycles. The first kappa shape index (κ1) is 17.1. The molecule has 3 aromatic rings. The highest BCUT2D eigenvalue weighted by Gasteiger charge is 2.30. The summed E-state index contributed by atoms with van der Waals surface area (Å²) in [6, 6.07) is 15.8. The smallest absolute Gasteiger partial charge is 0.265 e. The van der Waals surface area contributed by atoms with Crippen LogP contribution >= 0.6 is 0 Å². The van der Waals surface area contributed by atoms with Crippen LogP contribution in [0.5, 0.6) is 5.75 Å². The molecule has 0 aliphatic carbocycles. The zero-order valence-electron chi connectivity index (χ0n) is 15.2. The molecule has 136 valence electrons. The Morgan fingerprint density at radius 2 is 2.00 bits per heavy atom. The molecule has 1 atom stereocenters. The lowest BCUT2D eigenvalue weighted by Crippen LogP contribution is -2.39. The molecule has 0 spiro atoms. The molecule has 0 saturated heterocycles. The summed E-state index contributed by atoms with van der Waals surface area (Å²) in [5, 5.41) is 0. The van der Waals surface area contributed by atoms with Gasteiger partial charge in [-0.15, -0.1) is 0 Å². The maximum atomic E-state index is 12.9. The number of hydrogen-bond acceptors (Lipinski definition) is 3. The van der Waals surface area contributed by atoms with Gasteiger partial charge in [0.25, 0.3) is 5.91 Å². The topological polar surface area (TPSA) is 47.4 Å². The number of rotatable bonds is 5. The van der Waals surface area contributed by atoms with Crippen molar-refractivity contribution >= 4 is 17.3 Å². The lowest BCUT2D eigenvalue weighted by molar-refractivity contribution is -0.120. The minimum absolute atomic E-state index is 0.0209. The summed E-state index contributed by atoms with van der Waals surface area (Å²) < 4.78 is 7.73. The van der Waals surface area contributed by atoms with E-state index in [9.17, 15) is 4.79 Å². The summed E-state index contributed by atoms with van der Waals surface area (Å²) >= 11 is 0. The third-order valence-electron chi connectivity index (χ3n) is 4.84. The Morgan fingerprint density at radius 1 is 1.22 bits per heavy atom. The van der Waals surface area contributed by atoms with E-state index in [2.05, 4.69) is 24.6 Å². The third kappa shape index (κ3) is 3.24. The van der Waals surface area contributed by atoms with Crippen LogP contribution in [0.25, 0.3) is 5.70 Å². The molecule has 2 aromatic carbocycles. The van der Waals surface area contributed by atoms with Crippen molar-refractivity contribution in [2.24, 2.45) is 0 Å². The summed E-state index contributed by atoms with van der Waals surface area (Å²) in [4.78, 5) is 18.8. The van der Waals surface area contributed by atoms with Crippen molar-refractivity contribution in [3.05, 3.63) is 85.0 Å². The van der Waals surface area contributed by atoms with E-state index in [4.69, 9.17) is 4.74 Å². The van der Waals surface area contributed by atoms with Crippen LogP contribution in [-0.2, 0) is 11.2 Å². The number of para-hydroxylation sites is 2. The summed E-state index contributed by atoms with van der Waals surface area (Å²) in [7, 11) is 0. The van der Waals surface area contributed by atoms with E-state index in [0.29, 0.717) is 5.75 Å². The second-order valence-corrected chi connectivity index (χ2v) is 6.65. The molecule has 0 fully saturated rings. The molecule has 0 radical (unpaired) electrons. The second kappa shape index (κ2) is 7.11. The van der Waals surface area contributed by atoms with E-state index >= 15 is 0 Å². The highest BCUT2D eigenvalue weighted by Crippen LogP contribution is 2.32. The monoisotopic (exact) mass is 359 g/mol. The minimum Gasteiger partial charge on any atom is -0.483 e. The fourth-order valence-electron chi connectivity index (χ4n) is 3.54. The number of carbonyl (C=O) groups is 1. The van der Waals surface area contributed by atoms with Gasteiger partial charge in [-0.05, 0) is 37.1 Å². The average molecular weight is 359 g/mol. The number of nitrogens with zero attached hydrogens (tertiary/aromatic N) is 3. The molecule has 1 unspecified atom stereocenters. The molecule has 27 heavy (non-hydrogen) atoms. The minimum atomic E-state index is -0.0458. The van der Waals surface area contributed by atoms with Crippen LogP contribution in [0.1, 0.15) is 18.1 Å². The molecule has 5 nitrogen and oxygen atoms in total. The van der Waals surface area contributed by atoms with Crippen molar-refractivity contribution in [2.75, 3.05) is 11.5 Å². The Morgan fingerprint density at radius 3 is 2.81 bits per heavy atom. The van der Waals surface area contributed by atoms with Gasteiger partial charge in [0.05, 0.1) is 12.0 Å². The third-order valence-corrected chi connectivity index (χ3v) is 4.84. The quantitative estimate of drug-likeness (QED) is 0.697. The Balaban J connectivity index is 1.51. The van der Waals surface area contributed by atoms with Gasteiger partial charge in [-0.3, -0.25) is 4.79 Å². The number of aromatic nitrogens is 2. The summed E-state index contributed by atoms with van der Waals surface area (Å²) in [5.74, 6) is 0.584. The van der Waals surface area contributed by atoms with Crippen LogP contribution in [-0.4, -0.2) is 28.1 Å². The van der Waals surface area contributed by atoms with Crippen LogP contribution < -0.4 is 9.64 Å². The normalized spacial score (nSPS) is 15.4. The van der Waals surface area contributed by atoms with E-state index in [1.807, 2.05) is 58.1 Å². The Kier molecular flexibility index (Phi) is 4.50. The molecule has 1 aliphatic heterocycles. The van der Waals surface area contributed by atoms with Gasteiger partial charge in [-0.2, -0.15) is 0 Å². The molecular formula is C22H21N3O2. The van der Waals surface area contributed by atoms with Crippen molar-refractivity contribution in [1.82, 2.24) is 9.55 Å². The molecule has 1 aromatic heterocycles. The standard InChI is InChI=1S/C22H21N3O2/c1-16-13-18-7-3-5-9-20(18)25(16)22(26)14-27-21-10-6-4-8-19(21)17(2)24-12-11-23-15-24/h3-12,15-16H,2,13-14H2,1H3. The van der Waals surface area contributed by atoms with Crippen molar-refractivity contribution in [2.45, 2.75) is 19.4 Å². The lowest BCUT2D eigenvalue weighted by Gasteiger charge is -2.23. The fourth-order valence-corrected chi connectivity index (χ4v) is 3.54. The maximum absolute atomic E-state index is 12.9. The largest absolute Gasteiger partial charge is 0.483 e. The number of hydrogen-bond donors (Lipinski definition) is 0. The van der Waals surface area contributed by atoms with Gasteiger partial charge in [0.15, 0.2) is 6.61 Å². The lowest BCUT2D eigenvalue weighted by atomic mass is 10.1.